The summed E-state index contributed by atoms with van der Waals surface area (Å²) in [5.74, 6) is -1.12. The van der Waals surface area contributed by atoms with E-state index in [1.807, 2.05) is 6.92 Å². The van der Waals surface area contributed by atoms with Gasteiger partial charge in [-0.25, -0.2) is 8.42 Å². The fourth-order valence-electron chi connectivity index (χ4n) is 3.10. The summed E-state index contributed by atoms with van der Waals surface area (Å²) in [4.78, 5) is 25.6. The number of rotatable bonds is 6. The number of aryl methyl sites for hydroxylation is 1. The Labute approximate surface area is 147 Å². The lowest BCUT2D eigenvalue weighted by Gasteiger charge is -2.39. The SMILES string of the molecule is Cc1ccc(S(=O)(=O)N2CCN(CC3CC3)C(=O)C2CC(=O)O)cc1. The van der Waals surface area contributed by atoms with Crippen molar-refractivity contribution in [3.05, 3.63) is 29.8 Å². The number of carbonyl (C=O) groups excluding carboxylic acids is 1. The van der Waals surface area contributed by atoms with E-state index in [4.69, 9.17) is 5.11 Å². The van der Waals surface area contributed by atoms with Crippen molar-refractivity contribution >= 4 is 21.9 Å². The first-order valence-corrected chi connectivity index (χ1v) is 9.82. The maximum Gasteiger partial charge on any atom is 0.305 e. The zero-order valence-electron chi connectivity index (χ0n) is 14.1. The summed E-state index contributed by atoms with van der Waals surface area (Å²) >= 11 is 0. The van der Waals surface area contributed by atoms with Gasteiger partial charge in [0, 0.05) is 19.6 Å². The number of amides is 1. The molecule has 1 aliphatic heterocycles. The van der Waals surface area contributed by atoms with Gasteiger partial charge in [0.05, 0.1) is 11.3 Å². The molecule has 1 aliphatic carbocycles. The molecule has 1 saturated heterocycles. The van der Waals surface area contributed by atoms with Crippen LogP contribution in [0.2, 0.25) is 0 Å². The number of benzene rings is 1. The minimum Gasteiger partial charge on any atom is -0.481 e. The van der Waals surface area contributed by atoms with Gasteiger partial charge in [0.25, 0.3) is 0 Å². The average Bonchev–Trinajstić information content (AvgIpc) is 3.35. The zero-order valence-corrected chi connectivity index (χ0v) is 14.9. The van der Waals surface area contributed by atoms with E-state index >= 15 is 0 Å². The third kappa shape index (κ3) is 3.85. The van der Waals surface area contributed by atoms with Gasteiger partial charge >= 0.3 is 5.97 Å². The predicted octanol–water partition coefficient (Wildman–Crippen LogP) is 1.08. The first-order chi connectivity index (χ1) is 11.8. The van der Waals surface area contributed by atoms with Crippen LogP contribution in [0.25, 0.3) is 0 Å². The van der Waals surface area contributed by atoms with Crippen LogP contribution in [-0.2, 0) is 19.6 Å². The third-order valence-corrected chi connectivity index (χ3v) is 6.63. The van der Waals surface area contributed by atoms with Gasteiger partial charge in [-0.15, -0.1) is 0 Å². The van der Waals surface area contributed by atoms with Crippen molar-refractivity contribution in [3.63, 3.8) is 0 Å². The topological polar surface area (TPSA) is 95.0 Å². The molecule has 2 fully saturated rings. The van der Waals surface area contributed by atoms with Crippen LogP contribution in [0.1, 0.15) is 24.8 Å². The molecule has 1 amide bonds. The molecule has 25 heavy (non-hydrogen) atoms. The minimum absolute atomic E-state index is 0.0805. The molecule has 1 atom stereocenters. The van der Waals surface area contributed by atoms with Gasteiger partial charge in [0.15, 0.2) is 0 Å². The summed E-state index contributed by atoms with van der Waals surface area (Å²) in [6, 6.07) is 5.16. The monoisotopic (exact) mass is 366 g/mol. The van der Waals surface area contributed by atoms with E-state index in [1.54, 1.807) is 17.0 Å². The van der Waals surface area contributed by atoms with Crippen LogP contribution in [0.5, 0.6) is 0 Å². The Morgan fingerprint density at radius 2 is 1.84 bits per heavy atom. The Kier molecular flexibility index (Phi) is 4.83. The number of carbonyl (C=O) groups is 2. The summed E-state index contributed by atoms with van der Waals surface area (Å²) in [5, 5.41) is 9.16. The Bertz CT molecular complexity index is 771. The number of carboxylic acid groups (broad SMARTS) is 1. The van der Waals surface area contributed by atoms with Crippen LogP contribution in [0, 0.1) is 12.8 Å². The van der Waals surface area contributed by atoms with Crippen molar-refractivity contribution < 1.29 is 23.1 Å². The molecular formula is C17H22N2O5S. The number of nitrogens with zero attached hydrogens (tertiary/aromatic N) is 2. The fourth-order valence-corrected chi connectivity index (χ4v) is 4.67. The van der Waals surface area contributed by atoms with Gasteiger partial charge in [0.2, 0.25) is 15.9 Å². The summed E-state index contributed by atoms with van der Waals surface area (Å²) in [7, 11) is -3.92. The van der Waals surface area contributed by atoms with Crippen LogP contribution >= 0.6 is 0 Å². The molecule has 136 valence electrons. The van der Waals surface area contributed by atoms with Crippen molar-refractivity contribution in [2.24, 2.45) is 5.92 Å². The minimum atomic E-state index is -3.92. The second-order valence-corrected chi connectivity index (χ2v) is 8.66. The van der Waals surface area contributed by atoms with E-state index < -0.39 is 34.4 Å². The largest absolute Gasteiger partial charge is 0.481 e. The second kappa shape index (κ2) is 6.76. The van der Waals surface area contributed by atoms with Crippen molar-refractivity contribution in [3.8, 4) is 0 Å². The molecule has 7 nitrogen and oxygen atoms in total. The molecular weight excluding hydrogens is 344 g/mol. The maximum absolute atomic E-state index is 12.9. The highest BCUT2D eigenvalue weighted by Gasteiger charge is 2.43. The summed E-state index contributed by atoms with van der Waals surface area (Å²) in [6.45, 7) is 2.86. The predicted molar refractivity (Wildman–Crippen MR) is 90.4 cm³/mol. The van der Waals surface area contributed by atoms with Gasteiger partial charge < -0.3 is 10.0 Å². The number of carboxylic acids is 1. The van der Waals surface area contributed by atoms with Gasteiger partial charge in [0.1, 0.15) is 6.04 Å². The molecule has 1 saturated carbocycles. The highest BCUT2D eigenvalue weighted by Crippen LogP contribution is 2.32. The normalized spacial score (nSPS) is 22.2. The molecule has 1 heterocycles. The van der Waals surface area contributed by atoms with Gasteiger partial charge in [-0.2, -0.15) is 4.31 Å². The van der Waals surface area contributed by atoms with E-state index in [0.29, 0.717) is 19.0 Å². The van der Waals surface area contributed by atoms with Gasteiger partial charge in [-0.3, -0.25) is 9.59 Å². The smallest absolute Gasteiger partial charge is 0.305 e. The molecule has 2 aliphatic rings. The first kappa shape index (κ1) is 17.9. The van der Waals surface area contributed by atoms with Gasteiger partial charge in [-0.05, 0) is 37.8 Å². The molecule has 1 N–H and O–H groups in total. The van der Waals surface area contributed by atoms with E-state index in [2.05, 4.69) is 0 Å². The standard InChI is InChI=1S/C17H22N2O5S/c1-12-2-6-14(7-3-12)25(23,24)19-9-8-18(11-13-4-5-13)17(22)15(19)10-16(20)21/h2-3,6-7,13,15H,4-5,8-11H2,1H3,(H,20,21). The molecule has 8 heteroatoms. The molecule has 3 rings (SSSR count). The quantitative estimate of drug-likeness (QED) is 0.813. The van der Waals surface area contributed by atoms with Crippen LogP contribution in [0.4, 0.5) is 0 Å². The number of hydrogen-bond donors (Lipinski definition) is 1. The van der Waals surface area contributed by atoms with Crippen molar-refractivity contribution in [2.45, 2.75) is 37.1 Å². The Morgan fingerprint density at radius 3 is 2.40 bits per heavy atom. The van der Waals surface area contributed by atoms with E-state index in [0.717, 1.165) is 22.7 Å². The molecule has 1 aromatic carbocycles. The summed E-state index contributed by atoms with van der Waals surface area (Å²) < 4.78 is 26.9. The van der Waals surface area contributed by atoms with E-state index in [9.17, 15) is 18.0 Å². The van der Waals surface area contributed by atoms with Crippen molar-refractivity contribution in [1.82, 2.24) is 9.21 Å². The summed E-state index contributed by atoms with van der Waals surface area (Å²) in [6.07, 6.45) is 1.61. The average molecular weight is 366 g/mol. The van der Waals surface area contributed by atoms with E-state index in [-0.39, 0.29) is 11.4 Å². The molecule has 0 radical (unpaired) electrons. The summed E-state index contributed by atoms with van der Waals surface area (Å²) in [5.41, 5.74) is 0.923. The van der Waals surface area contributed by atoms with Crippen molar-refractivity contribution in [1.29, 1.82) is 0 Å². The van der Waals surface area contributed by atoms with Crippen LogP contribution in [0.3, 0.4) is 0 Å². The highest BCUT2D eigenvalue weighted by molar-refractivity contribution is 7.89. The van der Waals surface area contributed by atoms with Crippen molar-refractivity contribution in [2.75, 3.05) is 19.6 Å². The van der Waals surface area contributed by atoms with Crippen LogP contribution < -0.4 is 0 Å². The number of sulfonamides is 1. The molecule has 0 aromatic heterocycles. The lowest BCUT2D eigenvalue weighted by atomic mass is 10.1. The lowest BCUT2D eigenvalue weighted by molar-refractivity contribution is -0.146. The van der Waals surface area contributed by atoms with Crippen LogP contribution in [0.15, 0.2) is 29.2 Å². The second-order valence-electron chi connectivity index (χ2n) is 6.77. The Balaban J connectivity index is 1.88. The third-order valence-electron chi connectivity index (χ3n) is 4.71. The van der Waals surface area contributed by atoms with Crippen LogP contribution in [-0.4, -0.2) is 60.3 Å². The number of hydrogen-bond acceptors (Lipinski definition) is 4. The lowest BCUT2D eigenvalue weighted by Crippen LogP contribution is -2.59. The molecule has 1 unspecified atom stereocenters. The Morgan fingerprint density at radius 1 is 1.20 bits per heavy atom. The first-order valence-electron chi connectivity index (χ1n) is 8.38. The Hall–Kier alpha value is -1.93. The number of aliphatic carboxylic acids is 1. The van der Waals surface area contributed by atoms with E-state index in [1.165, 1.54) is 12.1 Å². The fraction of sp³-hybridized carbons (Fsp3) is 0.529. The molecule has 0 spiro atoms. The highest BCUT2D eigenvalue weighted by atomic mass is 32.2. The number of piperazine rings is 1. The molecule has 1 aromatic rings. The maximum atomic E-state index is 12.9. The zero-order chi connectivity index (χ0) is 18.2. The van der Waals surface area contributed by atoms with Gasteiger partial charge in [-0.1, -0.05) is 17.7 Å². The molecule has 0 bridgehead atoms.